The third kappa shape index (κ3) is 5.18. The highest BCUT2D eigenvalue weighted by molar-refractivity contribution is 5.85. The molecule has 5 rings (SSSR count). The first-order chi connectivity index (χ1) is 16.0. The zero-order valence-corrected chi connectivity index (χ0v) is 19.7. The van der Waals surface area contributed by atoms with Crippen LogP contribution in [0.5, 0.6) is 0 Å². The third-order valence-corrected chi connectivity index (χ3v) is 6.10. The summed E-state index contributed by atoms with van der Waals surface area (Å²) in [5.41, 5.74) is 9.46. The molecule has 1 aromatic carbocycles. The molecule has 0 saturated heterocycles. The van der Waals surface area contributed by atoms with Crippen LogP contribution in [-0.4, -0.2) is 18.4 Å². The van der Waals surface area contributed by atoms with Crippen LogP contribution in [0.4, 0.5) is 0 Å². The van der Waals surface area contributed by atoms with E-state index in [-0.39, 0.29) is 18.3 Å². The number of hydrogen-bond donors (Lipinski definition) is 1. The van der Waals surface area contributed by atoms with Crippen LogP contribution in [0.3, 0.4) is 0 Å². The lowest BCUT2D eigenvalue weighted by Gasteiger charge is -2.25. The quantitative estimate of drug-likeness (QED) is 0.410. The van der Waals surface area contributed by atoms with Crippen molar-refractivity contribution in [2.45, 2.75) is 46.1 Å². The summed E-state index contributed by atoms with van der Waals surface area (Å²) in [6.07, 6.45) is 17.9. The largest absolute Gasteiger partial charge is 0.358 e. The van der Waals surface area contributed by atoms with Crippen LogP contribution in [0.1, 0.15) is 73.2 Å². The number of aromatic nitrogens is 1. The van der Waals surface area contributed by atoms with E-state index in [1.165, 1.54) is 39.1 Å². The molecule has 0 amide bonds. The molecule has 0 bridgehead atoms. The Kier molecular flexibility index (Phi) is 6.05. The lowest BCUT2D eigenvalue weighted by Crippen LogP contribution is -2.19. The first-order valence-corrected chi connectivity index (χ1v) is 11.8. The summed E-state index contributed by atoms with van der Waals surface area (Å²) < 4.78 is 12.3. The van der Waals surface area contributed by atoms with Gasteiger partial charge < -0.3 is 14.8 Å². The Labute approximate surface area is 196 Å². The minimum atomic E-state index is -0.115. The van der Waals surface area contributed by atoms with Gasteiger partial charge in [-0.1, -0.05) is 63.3 Å². The van der Waals surface area contributed by atoms with Gasteiger partial charge in [0.05, 0.1) is 24.1 Å². The number of nitrogens with zero attached hydrogens (tertiary/aromatic N) is 1. The van der Waals surface area contributed by atoms with Crippen molar-refractivity contribution >= 4 is 23.4 Å². The number of hydrogen-bond acceptors (Lipinski definition) is 4. The van der Waals surface area contributed by atoms with E-state index in [2.05, 4.69) is 80.7 Å². The molecule has 1 atom stereocenters. The average molecular weight is 441 g/mol. The summed E-state index contributed by atoms with van der Waals surface area (Å²) in [6, 6.07) is 8.72. The van der Waals surface area contributed by atoms with E-state index in [1.54, 1.807) is 0 Å². The van der Waals surface area contributed by atoms with E-state index < -0.39 is 0 Å². The molecule has 4 heteroatoms. The second-order valence-corrected chi connectivity index (χ2v) is 10.1. The Bertz CT molecular complexity index is 1160. The molecule has 1 aromatic heterocycles. The van der Waals surface area contributed by atoms with Gasteiger partial charge in [-0.2, -0.15) is 0 Å². The predicted molar refractivity (Wildman–Crippen MR) is 135 cm³/mol. The average Bonchev–Trinajstić information content (AvgIpc) is 3.64. The SMILES string of the molecule is CC(C)(C)COCOC1Cc2cc(C3=CCCC=C3)cnc2/C=C\c2c(C3=CN3)cccc21. The van der Waals surface area contributed by atoms with E-state index in [9.17, 15) is 0 Å². The number of allylic oxidation sites excluding steroid dienone is 4. The molecule has 0 radical (unpaired) electrons. The summed E-state index contributed by atoms with van der Waals surface area (Å²) in [6.45, 7) is 7.44. The van der Waals surface area contributed by atoms with Gasteiger partial charge in [-0.3, -0.25) is 4.98 Å². The minimum Gasteiger partial charge on any atom is -0.358 e. The highest BCUT2D eigenvalue weighted by Crippen LogP contribution is 2.36. The van der Waals surface area contributed by atoms with E-state index in [0.717, 1.165) is 25.0 Å². The van der Waals surface area contributed by atoms with Crippen LogP contribution >= 0.6 is 0 Å². The van der Waals surface area contributed by atoms with Crippen LogP contribution in [0.25, 0.3) is 23.4 Å². The second-order valence-electron chi connectivity index (χ2n) is 10.1. The fourth-order valence-corrected chi connectivity index (χ4v) is 4.39. The van der Waals surface area contributed by atoms with E-state index in [0.29, 0.717) is 6.61 Å². The van der Waals surface area contributed by atoms with Crippen molar-refractivity contribution in [3.8, 4) is 0 Å². The van der Waals surface area contributed by atoms with Crippen LogP contribution in [0.2, 0.25) is 0 Å². The van der Waals surface area contributed by atoms with Gasteiger partial charge in [-0.15, -0.1) is 0 Å². The monoisotopic (exact) mass is 440 g/mol. The predicted octanol–water partition coefficient (Wildman–Crippen LogP) is 6.52. The normalized spacial score (nSPS) is 19.9. The maximum absolute atomic E-state index is 6.39. The van der Waals surface area contributed by atoms with Crippen molar-refractivity contribution in [1.29, 1.82) is 0 Å². The highest BCUT2D eigenvalue weighted by atomic mass is 16.7. The molecular formula is C29H32N2O2. The Morgan fingerprint density at radius 1 is 1.12 bits per heavy atom. The van der Waals surface area contributed by atoms with Gasteiger partial charge in [0.15, 0.2) is 0 Å². The number of nitrogens with one attached hydrogen (secondary N) is 1. The van der Waals surface area contributed by atoms with Crippen molar-refractivity contribution < 1.29 is 9.47 Å². The molecule has 170 valence electrons. The number of benzene rings is 1. The molecule has 0 spiro atoms. The molecule has 33 heavy (non-hydrogen) atoms. The van der Waals surface area contributed by atoms with Crippen molar-refractivity contribution in [1.82, 2.24) is 10.3 Å². The summed E-state index contributed by atoms with van der Waals surface area (Å²) in [5.74, 6) is 0. The van der Waals surface area contributed by atoms with E-state index in [4.69, 9.17) is 14.5 Å². The number of pyridine rings is 1. The van der Waals surface area contributed by atoms with Crippen LogP contribution in [0.15, 0.2) is 54.9 Å². The molecule has 1 aliphatic heterocycles. The molecule has 3 aliphatic rings. The van der Waals surface area contributed by atoms with Gasteiger partial charge >= 0.3 is 0 Å². The fraction of sp³-hybridized carbons (Fsp3) is 0.345. The van der Waals surface area contributed by atoms with Crippen LogP contribution in [0, 0.1) is 5.41 Å². The van der Waals surface area contributed by atoms with Gasteiger partial charge in [-0.25, -0.2) is 0 Å². The van der Waals surface area contributed by atoms with E-state index in [1.807, 2.05) is 12.4 Å². The summed E-state index contributed by atoms with van der Waals surface area (Å²) in [7, 11) is 0. The topological polar surface area (TPSA) is 53.3 Å². The standard InChI is InChI=1S/C29H32N2O2/c1-29(2,3)18-32-19-33-28-15-21-14-22(20-8-5-4-6-9-20)16-30-26(21)13-12-23-24(27-17-31-27)10-7-11-25(23)28/h5,7-14,16-17,28,31H,4,6,15,18-19H2,1-3H3/b13-12-. The Morgan fingerprint density at radius 2 is 2.00 bits per heavy atom. The molecule has 2 aromatic rings. The first kappa shape index (κ1) is 21.9. The summed E-state index contributed by atoms with van der Waals surface area (Å²) in [5, 5.41) is 3.25. The number of fused-ring (bicyclic) bond motifs is 2. The number of rotatable bonds is 6. The maximum atomic E-state index is 6.39. The third-order valence-electron chi connectivity index (χ3n) is 6.10. The fourth-order valence-electron chi connectivity index (χ4n) is 4.39. The van der Waals surface area contributed by atoms with Crippen LogP contribution in [-0.2, 0) is 15.9 Å². The smallest absolute Gasteiger partial charge is 0.147 e. The highest BCUT2D eigenvalue weighted by Gasteiger charge is 2.24. The van der Waals surface area contributed by atoms with Gasteiger partial charge in [0.1, 0.15) is 6.79 Å². The Morgan fingerprint density at radius 3 is 2.76 bits per heavy atom. The zero-order chi connectivity index (χ0) is 22.8. The molecule has 0 fully saturated rings. The van der Waals surface area contributed by atoms with Crippen molar-refractivity contribution in [2.75, 3.05) is 13.4 Å². The maximum Gasteiger partial charge on any atom is 0.147 e. The molecule has 1 unspecified atom stereocenters. The Balaban J connectivity index is 1.49. The van der Waals surface area contributed by atoms with Crippen molar-refractivity contribution in [3.63, 3.8) is 0 Å². The summed E-state index contributed by atoms with van der Waals surface area (Å²) in [4.78, 5) is 4.84. The molecule has 1 N–H and O–H groups in total. The summed E-state index contributed by atoms with van der Waals surface area (Å²) >= 11 is 0. The first-order valence-electron chi connectivity index (χ1n) is 11.8. The van der Waals surface area contributed by atoms with Crippen molar-refractivity contribution in [2.24, 2.45) is 5.41 Å². The van der Waals surface area contributed by atoms with Crippen molar-refractivity contribution in [3.05, 3.63) is 88.4 Å². The van der Waals surface area contributed by atoms with Gasteiger partial charge in [0.2, 0.25) is 0 Å². The zero-order valence-electron chi connectivity index (χ0n) is 19.7. The molecular weight excluding hydrogens is 408 g/mol. The van der Waals surface area contributed by atoms with Gasteiger partial charge in [0.25, 0.3) is 0 Å². The van der Waals surface area contributed by atoms with Crippen LogP contribution < -0.4 is 5.32 Å². The van der Waals surface area contributed by atoms with Gasteiger partial charge in [-0.05, 0) is 58.2 Å². The molecule has 2 heterocycles. The van der Waals surface area contributed by atoms with Gasteiger partial charge in [0, 0.05) is 24.4 Å². The lowest BCUT2D eigenvalue weighted by molar-refractivity contribution is -0.106. The van der Waals surface area contributed by atoms with E-state index >= 15 is 0 Å². The molecule has 4 nitrogen and oxygen atoms in total. The lowest BCUT2D eigenvalue weighted by atomic mass is 9.89. The molecule has 0 saturated carbocycles. The Hall–Kier alpha value is -2.95. The minimum absolute atomic E-state index is 0.106. The second kappa shape index (κ2) is 9.12. The number of ether oxygens (including phenoxy) is 2. The molecule has 2 aliphatic carbocycles.